The summed E-state index contributed by atoms with van der Waals surface area (Å²) >= 11 is 6.15. The van der Waals surface area contributed by atoms with Gasteiger partial charge >= 0.3 is 0 Å². The van der Waals surface area contributed by atoms with E-state index in [1.165, 1.54) is 10.9 Å². The van der Waals surface area contributed by atoms with Crippen LogP contribution in [-0.4, -0.2) is 45.2 Å². The predicted molar refractivity (Wildman–Crippen MR) is 121 cm³/mol. The Hall–Kier alpha value is -3.91. The van der Waals surface area contributed by atoms with Crippen LogP contribution >= 0.6 is 11.6 Å². The highest BCUT2D eigenvalue weighted by Gasteiger charge is 2.23. The molecule has 0 atom stereocenters. The number of halogens is 1. The van der Waals surface area contributed by atoms with Crippen molar-refractivity contribution < 1.29 is 13.9 Å². The summed E-state index contributed by atoms with van der Waals surface area (Å²) in [6.07, 6.45) is 3.14. The van der Waals surface area contributed by atoms with E-state index in [4.69, 9.17) is 20.8 Å². The molecule has 0 aliphatic rings. The minimum absolute atomic E-state index is 0.229. The average Bonchev–Trinajstić information content (AvgIpc) is 3.50. The summed E-state index contributed by atoms with van der Waals surface area (Å²) in [5.41, 5.74) is 1.77. The van der Waals surface area contributed by atoms with Crippen LogP contribution in [0.1, 0.15) is 11.3 Å². The maximum Gasteiger partial charge on any atom is 0.272 e. The molecule has 0 saturated heterocycles. The van der Waals surface area contributed by atoms with Crippen LogP contribution in [0, 0.1) is 0 Å². The van der Waals surface area contributed by atoms with Gasteiger partial charge in [0.05, 0.1) is 13.4 Å². The molecule has 2 aromatic heterocycles. The molecule has 0 bridgehead atoms. The summed E-state index contributed by atoms with van der Waals surface area (Å²) < 4.78 is 12.3. The summed E-state index contributed by atoms with van der Waals surface area (Å²) in [5, 5.41) is 12.6. The van der Waals surface area contributed by atoms with E-state index >= 15 is 0 Å². The van der Waals surface area contributed by atoms with Gasteiger partial charge in [-0.1, -0.05) is 41.9 Å². The summed E-state index contributed by atoms with van der Waals surface area (Å²) in [5.74, 6) is 1.26. The van der Waals surface area contributed by atoms with Gasteiger partial charge in [0.1, 0.15) is 17.2 Å². The van der Waals surface area contributed by atoms with Crippen molar-refractivity contribution in [1.29, 1.82) is 0 Å². The molecule has 0 saturated carbocycles. The maximum atomic E-state index is 13.6. The number of nitrogens with zero attached hydrogens (tertiary/aromatic N) is 5. The van der Waals surface area contributed by atoms with Crippen molar-refractivity contribution in [2.45, 2.75) is 6.54 Å². The number of amides is 1. The standard InChI is InChI=1S/C23H20ClN5O3/c1-28(15-17-13-18(24)10-11-21(17)31-2)23(30)20(14-19-9-6-12-32-19)29-22(25-26-27-29)16-7-4-3-5-8-16/h3-14H,15H2,1-2H3/b20-14+. The van der Waals surface area contributed by atoms with Gasteiger partial charge in [-0.2, -0.15) is 4.68 Å². The molecule has 0 unspecified atom stereocenters. The zero-order valence-corrected chi connectivity index (χ0v) is 18.2. The van der Waals surface area contributed by atoms with E-state index < -0.39 is 0 Å². The number of ether oxygens (including phenoxy) is 1. The fraction of sp³-hybridized carbons (Fsp3) is 0.130. The number of tetrazole rings is 1. The van der Waals surface area contributed by atoms with Gasteiger partial charge in [-0.05, 0) is 40.8 Å². The Morgan fingerprint density at radius 3 is 2.72 bits per heavy atom. The van der Waals surface area contributed by atoms with Gasteiger partial charge < -0.3 is 14.1 Å². The lowest BCUT2D eigenvalue weighted by Gasteiger charge is -2.20. The number of likely N-dealkylation sites (N-methyl/N-ethyl adjacent to an activating group) is 1. The van der Waals surface area contributed by atoms with E-state index in [1.54, 1.807) is 55.5 Å². The van der Waals surface area contributed by atoms with Crippen LogP contribution in [0.3, 0.4) is 0 Å². The van der Waals surface area contributed by atoms with Crippen LogP contribution in [0.4, 0.5) is 0 Å². The first-order valence-electron chi connectivity index (χ1n) is 9.74. The summed E-state index contributed by atoms with van der Waals surface area (Å²) in [4.78, 5) is 15.1. The highest BCUT2D eigenvalue weighted by atomic mass is 35.5. The van der Waals surface area contributed by atoms with Crippen LogP contribution < -0.4 is 4.74 Å². The first kappa shape index (κ1) is 21.3. The Morgan fingerprint density at radius 2 is 2.00 bits per heavy atom. The molecule has 32 heavy (non-hydrogen) atoms. The van der Waals surface area contributed by atoms with Crippen LogP contribution in [0.25, 0.3) is 23.2 Å². The van der Waals surface area contributed by atoms with Gasteiger partial charge in [0, 0.05) is 35.8 Å². The highest BCUT2D eigenvalue weighted by molar-refractivity contribution is 6.30. The predicted octanol–water partition coefficient (Wildman–Crippen LogP) is 4.25. The number of hydrogen-bond acceptors (Lipinski definition) is 6. The number of hydrogen-bond donors (Lipinski definition) is 0. The van der Waals surface area contributed by atoms with E-state index in [9.17, 15) is 4.79 Å². The Morgan fingerprint density at radius 1 is 1.19 bits per heavy atom. The second-order valence-corrected chi connectivity index (χ2v) is 7.38. The third-order valence-corrected chi connectivity index (χ3v) is 5.00. The number of carbonyl (C=O) groups excluding carboxylic acids is 1. The monoisotopic (exact) mass is 449 g/mol. The van der Waals surface area contributed by atoms with Crippen LogP contribution in [0.5, 0.6) is 5.75 Å². The van der Waals surface area contributed by atoms with Crippen molar-refractivity contribution in [3.8, 4) is 17.1 Å². The molecule has 2 aromatic carbocycles. The lowest BCUT2D eigenvalue weighted by molar-refractivity contribution is -0.124. The molecule has 0 spiro atoms. The number of aromatic nitrogens is 4. The zero-order chi connectivity index (χ0) is 22.5. The third kappa shape index (κ3) is 4.55. The third-order valence-electron chi connectivity index (χ3n) is 4.77. The number of rotatable bonds is 7. The Bertz CT molecular complexity index is 1240. The number of furan rings is 1. The molecule has 8 nitrogen and oxygen atoms in total. The number of carbonyl (C=O) groups is 1. The highest BCUT2D eigenvalue weighted by Crippen LogP contribution is 2.26. The normalized spacial score (nSPS) is 11.4. The lowest BCUT2D eigenvalue weighted by atomic mass is 10.1. The SMILES string of the molecule is COc1ccc(Cl)cc1CN(C)C(=O)/C(=C\c1ccco1)n1nnnc1-c1ccccc1. The second-order valence-electron chi connectivity index (χ2n) is 6.94. The Balaban J connectivity index is 1.72. The second kappa shape index (κ2) is 9.49. The Labute approximate surface area is 189 Å². The molecule has 2 heterocycles. The van der Waals surface area contributed by atoms with Gasteiger partial charge in [-0.25, -0.2) is 0 Å². The largest absolute Gasteiger partial charge is 0.496 e. The quantitative estimate of drug-likeness (QED) is 0.392. The average molecular weight is 450 g/mol. The molecule has 0 fully saturated rings. The maximum absolute atomic E-state index is 13.6. The summed E-state index contributed by atoms with van der Waals surface area (Å²) in [6, 6.07) is 18.2. The van der Waals surface area contributed by atoms with E-state index in [1.807, 2.05) is 30.3 Å². The molecular formula is C23H20ClN5O3. The summed E-state index contributed by atoms with van der Waals surface area (Å²) in [6.45, 7) is 0.265. The van der Waals surface area contributed by atoms with Gasteiger partial charge in [0.2, 0.25) is 0 Å². The van der Waals surface area contributed by atoms with Crippen molar-refractivity contribution in [1.82, 2.24) is 25.1 Å². The molecule has 0 aliphatic carbocycles. The molecule has 9 heteroatoms. The minimum atomic E-state index is -0.312. The molecule has 0 N–H and O–H groups in total. The van der Waals surface area contributed by atoms with Crippen molar-refractivity contribution in [2.24, 2.45) is 0 Å². The topological polar surface area (TPSA) is 86.3 Å². The zero-order valence-electron chi connectivity index (χ0n) is 17.5. The van der Waals surface area contributed by atoms with Gasteiger partial charge in [0.25, 0.3) is 5.91 Å². The van der Waals surface area contributed by atoms with Crippen molar-refractivity contribution in [2.75, 3.05) is 14.2 Å². The molecule has 4 aromatic rings. The number of methoxy groups -OCH3 is 1. The molecule has 1 amide bonds. The molecule has 162 valence electrons. The van der Waals surface area contributed by atoms with Crippen LogP contribution in [0.2, 0.25) is 5.02 Å². The number of benzene rings is 2. The van der Waals surface area contributed by atoms with Crippen molar-refractivity contribution in [3.63, 3.8) is 0 Å². The van der Waals surface area contributed by atoms with E-state index in [-0.39, 0.29) is 18.1 Å². The summed E-state index contributed by atoms with van der Waals surface area (Å²) in [7, 11) is 3.26. The fourth-order valence-electron chi connectivity index (χ4n) is 3.23. The van der Waals surface area contributed by atoms with Crippen molar-refractivity contribution in [3.05, 3.63) is 83.3 Å². The van der Waals surface area contributed by atoms with Gasteiger partial charge in [-0.15, -0.1) is 5.10 Å². The van der Waals surface area contributed by atoms with E-state index in [0.29, 0.717) is 22.4 Å². The van der Waals surface area contributed by atoms with Gasteiger partial charge in [0.15, 0.2) is 5.82 Å². The molecular weight excluding hydrogens is 430 g/mol. The Kier molecular flexibility index (Phi) is 6.32. The smallest absolute Gasteiger partial charge is 0.272 e. The first-order valence-corrected chi connectivity index (χ1v) is 10.1. The first-order chi connectivity index (χ1) is 15.6. The van der Waals surface area contributed by atoms with Crippen LogP contribution in [-0.2, 0) is 11.3 Å². The molecule has 4 rings (SSSR count). The van der Waals surface area contributed by atoms with Gasteiger partial charge in [-0.3, -0.25) is 4.79 Å². The van der Waals surface area contributed by atoms with Crippen LogP contribution in [0.15, 0.2) is 71.3 Å². The molecule has 0 radical (unpaired) electrons. The molecule has 0 aliphatic heterocycles. The van der Waals surface area contributed by atoms with E-state index in [0.717, 1.165) is 11.1 Å². The van der Waals surface area contributed by atoms with E-state index in [2.05, 4.69) is 15.5 Å². The fourth-order valence-corrected chi connectivity index (χ4v) is 3.43. The van der Waals surface area contributed by atoms with Crippen molar-refractivity contribution >= 4 is 29.3 Å². The minimum Gasteiger partial charge on any atom is -0.496 e. The lowest BCUT2D eigenvalue weighted by Crippen LogP contribution is -2.29.